The van der Waals surface area contributed by atoms with Crippen LogP contribution in [0.25, 0.3) is 0 Å². The number of amides is 2. The van der Waals surface area contributed by atoms with Gasteiger partial charge in [-0.05, 0) is 47.5 Å². The van der Waals surface area contributed by atoms with Gasteiger partial charge in [-0.2, -0.15) is 10.2 Å². The zero-order valence-electron chi connectivity index (χ0n) is 14.1. The normalized spacial score (nSPS) is 10.8. The molecule has 0 atom stereocenters. The first-order valence-electron chi connectivity index (χ1n) is 7.39. The number of rotatable bonds is 6. The third kappa shape index (κ3) is 5.13. The van der Waals surface area contributed by atoms with Crippen LogP contribution in [0.2, 0.25) is 0 Å². The minimum Gasteiger partial charge on any atom is -0.504 e. The highest BCUT2D eigenvalue weighted by Crippen LogP contribution is 2.26. The summed E-state index contributed by atoms with van der Waals surface area (Å²) < 4.78 is 9.95. The molecule has 2 amide bonds. The van der Waals surface area contributed by atoms with Gasteiger partial charge >= 0.3 is 6.03 Å². The lowest BCUT2D eigenvalue weighted by molar-refractivity contribution is 0.242. The Morgan fingerprint density at radius 1 is 0.885 bits per heavy atom. The Hall–Kier alpha value is -3.75. The van der Waals surface area contributed by atoms with E-state index in [1.165, 1.54) is 38.8 Å². The standard InChI is InChI=1S/C17H18N4O5/c1-25-15-7-11(3-5-13(15)22)9-18-20-17(24)21-19-10-12-4-6-14(23)16(8-12)26-2/h3-10,22-23H,1-2H3,(H2,20,21,24)/b18-9-,19-10-. The van der Waals surface area contributed by atoms with E-state index in [4.69, 9.17) is 9.47 Å². The second-order valence-corrected chi connectivity index (χ2v) is 4.93. The number of phenols is 2. The molecule has 0 aliphatic carbocycles. The monoisotopic (exact) mass is 358 g/mol. The molecule has 9 nitrogen and oxygen atoms in total. The lowest BCUT2D eigenvalue weighted by atomic mass is 10.2. The number of hydrazone groups is 2. The summed E-state index contributed by atoms with van der Waals surface area (Å²) >= 11 is 0. The van der Waals surface area contributed by atoms with Crippen molar-refractivity contribution in [1.29, 1.82) is 0 Å². The van der Waals surface area contributed by atoms with Crippen LogP contribution < -0.4 is 20.3 Å². The zero-order valence-corrected chi connectivity index (χ0v) is 14.1. The van der Waals surface area contributed by atoms with Crippen molar-refractivity contribution >= 4 is 18.5 Å². The molecule has 0 aliphatic rings. The Morgan fingerprint density at radius 2 is 1.31 bits per heavy atom. The number of ether oxygens (including phenoxy) is 2. The fraction of sp³-hybridized carbons (Fsp3) is 0.118. The highest BCUT2D eigenvalue weighted by molar-refractivity contribution is 5.84. The number of aromatic hydroxyl groups is 2. The number of methoxy groups -OCH3 is 2. The topological polar surface area (TPSA) is 125 Å². The molecule has 0 aliphatic heterocycles. The van der Waals surface area contributed by atoms with E-state index in [9.17, 15) is 15.0 Å². The number of nitrogens with zero attached hydrogens (tertiary/aromatic N) is 2. The number of carbonyl (C=O) groups excluding carboxylic acids is 1. The van der Waals surface area contributed by atoms with Crippen LogP contribution in [0.1, 0.15) is 11.1 Å². The summed E-state index contributed by atoms with van der Waals surface area (Å²) in [7, 11) is 2.87. The summed E-state index contributed by atoms with van der Waals surface area (Å²) in [6, 6.07) is 8.61. The predicted octanol–water partition coefficient (Wildman–Crippen LogP) is 1.78. The van der Waals surface area contributed by atoms with Crippen LogP contribution in [0.4, 0.5) is 4.79 Å². The van der Waals surface area contributed by atoms with E-state index >= 15 is 0 Å². The third-order valence-corrected chi connectivity index (χ3v) is 3.17. The number of urea groups is 1. The van der Waals surface area contributed by atoms with Crippen LogP contribution in [0.15, 0.2) is 46.6 Å². The van der Waals surface area contributed by atoms with Crippen LogP contribution in [0.5, 0.6) is 23.0 Å². The number of carbonyl (C=O) groups is 1. The predicted molar refractivity (Wildman–Crippen MR) is 96.2 cm³/mol. The Bertz CT molecular complexity index is 768. The fourth-order valence-electron chi connectivity index (χ4n) is 1.90. The van der Waals surface area contributed by atoms with E-state index in [2.05, 4.69) is 21.1 Å². The molecule has 2 aromatic rings. The van der Waals surface area contributed by atoms with Gasteiger partial charge in [-0.1, -0.05) is 0 Å². The minimum absolute atomic E-state index is 0.00977. The average molecular weight is 358 g/mol. The molecule has 136 valence electrons. The maximum atomic E-state index is 11.6. The fourth-order valence-corrected chi connectivity index (χ4v) is 1.90. The van der Waals surface area contributed by atoms with Gasteiger partial charge in [0.1, 0.15) is 0 Å². The Morgan fingerprint density at radius 3 is 1.69 bits per heavy atom. The molecule has 0 radical (unpaired) electrons. The molecule has 0 heterocycles. The minimum atomic E-state index is -0.644. The first-order valence-corrected chi connectivity index (χ1v) is 7.39. The smallest absolute Gasteiger partial charge is 0.355 e. The number of phenolic OH excluding ortho intramolecular Hbond substituents is 2. The van der Waals surface area contributed by atoms with E-state index in [0.29, 0.717) is 22.6 Å². The Kier molecular flexibility index (Phi) is 6.38. The molecule has 0 saturated carbocycles. The molecule has 0 saturated heterocycles. The third-order valence-electron chi connectivity index (χ3n) is 3.17. The van der Waals surface area contributed by atoms with Crippen LogP contribution in [-0.2, 0) is 0 Å². The van der Waals surface area contributed by atoms with E-state index in [1.54, 1.807) is 24.3 Å². The van der Waals surface area contributed by atoms with Gasteiger partial charge < -0.3 is 19.7 Å². The van der Waals surface area contributed by atoms with E-state index in [1.807, 2.05) is 0 Å². The van der Waals surface area contributed by atoms with Crippen LogP contribution in [-0.4, -0.2) is 42.9 Å². The maximum Gasteiger partial charge on any atom is 0.355 e. The molecule has 9 heteroatoms. The molecule has 0 spiro atoms. The largest absolute Gasteiger partial charge is 0.504 e. The number of nitrogens with one attached hydrogen (secondary N) is 2. The molecular weight excluding hydrogens is 340 g/mol. The second-order valence-electron chi connectivity index (χ2n) is 4.93. The molecular formula is C17H18N4O5. The van der Waals surface area contributed by atoms with E-state index in [-0.39, 0.29) is 11.5 Å². The number of hydrogen-bond donors (Lipinski definition) is 4. The van der Waals surface area contributed by atoms with Crippen molar-refractivity contribution in [1.82, 2.24) is 10.9 Å². The van der Waals surface area contributed by atoms with Gasteiger partial charge in [-0.25, -0.2) is 15.6 Å². The highest BCUT2D eigenvalue weighted by atomic mass is 16.5. The van der Waals surface area contributed by atoms with Crippen molar-refractivity contribution in [3.63, 3.8) is 0 Å². The molecule has 0 bridgehead atoms. The van der Waals surface area contributed by atoms with Crippen molar-refractivity contribution in [2.75, 3.05) is 14.2 Å². The first kappa shape index (κ1) is 18.6. The molecule has 0 unspecified atom stereocenters. The molecule has 4 N–H and O–H groups in total. The summed E-state index contributed by atoms with van der Waals surface area (Å²) in [6.45, 7) is 0. The van der Waals surface area contributed by atoms with Crippen LogP contribution in [0, 0.1) is 0 Å². The van der Waals surface area contributed by atoms with Crippen molar-refractivity contribution in [3.8, 4) is 23.0 Å². The van der Waals surface area contributed by atoms with Gasteiger partial charge in [0.25, 0.3) is 0 Å². The summed E-state index contributed by atoms with van der Waals surface area (Å²) in [5.74, 6) is 0.616. The average Bonchev–Trinajstić information content (AvgIpc) is 2.64. The molecule has 0 aromatic heterocycles. The van der Waals surface area contributed by atoms with Crippen molar-refractivity contribution in [2.24, 2.45) is 10.2 Å². The van der Waals surface area contributed by atoms with Crippen molar-refractivity contribution in [3.05, 3.63) is 47.5 Å². The first-order chi connectivity index (χ1) is 12.5. The number of hydrogen-bond acceptors (Lipinski definition) is 7. The van der Waals surface area contributed by atoms with E-state index < -0.39 is 6.03 Å². The summed E-state index contributed by atoms with van der Waals surface area (Å²) in [6.07, 6.45) is 2.77. The lowest BCUT2D eigenvalue weighted by Crippen LogP contribution is -2.28. The summed E-state index contributed by atoms with van der Waals surface area (Å²) in [5.41, 5.74) is 5.73. The second kappa shape index (κ2) is 8.92. The molecule has 2 rings (SSSR count). The van der Waals surface area contributed by atoms with Gasteiger partial charge in [-0.3, -0.25) is 0 Å². The summed E-state index contributed by atoms with van der Waals surface area (Å²) in [5, 5.41) is 26.5. The SMILES string of the molecule is COc1cc(/C=N\NC(=O)N/N=C\c2ccc(O)c(OC)c2)ccc1O. The quantitative estimate of drug-likeness (QED) is 0.463. The number of benzene rings is 2. The van der Waals surface area contributed by atoms with Crippen LogP contribution in [0.3, 0.4) is 0 Å². The van der Waals surface area contributed by atoms with Gasteiger partial charge in [0.05, 0.1) is 26.6 Å². The molecule has 0 fully saturated rings. The zero-order chi connectivity index (χ0) is 18.9. The molecule has 2 aromatic carbocycles. The Labute approximate surface area is 149 Å². The molecule has 26 heavy (non-hydrogen) atoms. The maximum absolute atomic E-state index is 11.6. The summed E-state index contributed by atoms with van der Waals surface area (Å²) in [4.78, 5) is 11.6. The van der Waals surface area contributed by atoms with Gasteiger partial charge in [0.2, 0.25) is 0 Å². The van der Waals surface area contributed by atoms with Crippen LogP contribution >= 0.6 is 0 Å². The van der Waals surface area contributed by atoms with Gasteiger partial charge in [-0.15, -0.1) is 0 Å². The van der Waals surface area contributed by atoms with Crippen molar-refractivity contribution < 1.29 is 24.5 Å². The van der Waals surface area contributed by atoms with E-state index in [0.717, 1.165) is 0 Å². The highest BCUT2D eigenvalue weighted by Gasteiger charge is 2.02. The van der Waals surface area contributed by atoms with Gasteiger partial charge in [0, 0.05) is 0 Å². The van der Waals surface area contributed by atoms with Crippen molar-refractivity contribution in [2.45, 2.75) is 0 Å². The Balaban J connectivity index is 1.87. The van der Waals surface area contributed by atoms with Gasteiger partial charge in [0.15, 0.2) is 23.0 Å². The lowest BCUT2D eigenvalue weighted by Gasteiger charge is -2.04.